The van der Waals surface area contributed by atoms with Crippen molar-refractivity contribution in [3.05, 3.63) is 0 Å². The monoisotopic (exact) mass is 562 g/mol. The average Bonchev–Trinajstić information content (AvgIpc) is 2.87. The van der Waals surface area contributed by atoms with Gasteiger partial charge in [-0.1, -0.05) is 142 Å². The predicted molar refractivity (Wildman–Crippen MR) is 155 cm³/mol. The standard InChI is InChI=1S/C30H58O7S/c1-3-5-7-9-11-13-15-16-18-20-22-24-26-37-30(32)28(38(33,34)35)27-29(31)36-25-23-21-19-17-14-12-10-8-6-4-2/h28H,3-27H2,1-2H3,(H,33,34,35). The summed E-state index contributed by atoms with van der Waals surface area (Å²) in [6.45, 7) is 4.70. The maximum Gasteiger partial charge on any atom is 0.327 e. The normalized spacial score (nSPS) is 12.4. The Hall–Kier alpha value is -1.15. The lowest BCUT2D eigenvalue weighted by Gasteiger charge is -2.13. The third kappa shape index (κ3) is 23.9. The molecule has 0 radical (unpaired) electrons. The zero-order valence-corrected chi connectivity index (χ0v) is 25.4. The summed E-state index contributed by atoms with van der Waals surface area (Å²) < 4.78 is 42.9. The van der Waals surface area contributed by atoms with Gasteiger partial charge in [0.2, 0.25) is 0 Å². The van der Waals surface area contributed by atoms with Crippen molar-refractivity contribution in [3.63, 3.8) is 0 Å². The Morgan fingerprint density at radius 2 is 0.868 bits per heavy atom. The van der Waals surface area contributed by atoms with E-state index in [0.29, 0.717) is 12.8 Å². The number of hydrogen-bond acceptors (Lipinski definition) is 6. The summed E-state index contributed by atoms with van der Waals surface area (Å²) in [5.74, 6) is -1.91. The van der Waals surface area contributed by atoms with Gasteiger partial charge in [0.15, 0.2) is 5.25 Å². The summed E-state index contributed by atoms with van der Waals surface area (Å²) >= 11 is 0. The molecule has 0 aliphatic heterocycles. The van der Waals surface area contributed by atoms with Gasteiger partial charge in [-0.15, -0.1) is 0 Å². The summed E-state index contributed by atoms with van der Waals surface area (Å²) in [5, 5.41) is -1.93. The van der Waals surface area contributed by atoms with Crippen molar-refractivity contribution in [2.45, 2.75) is 167 Å². The number of rotatable bonds is 28. The van der Waals surface area contributed by atoms with Crippen molar-refractivity contribution in [1.82, 2.24) is 0 Å². The highest BCUT2D eigenvalue weighted by Gasteiger charge is 2.35. The van der Waals surface area contributed by atoms with Crippen LogP contribution in [0.4, 0.5) is 0 Å². The number of esters is 2. The Bertz CT molecular complexity index is 664. The highest BCUT2D eigenvalue weighted by Crippen LogP contribution is 2.14. The first kappa shape index (κ1) is 36.8. The van der Waals surface area contributed by atoms with Crippen LogP contribution in [0.5, 0.6) is 0 Å². The van der Waals surface area contributed by atoms with Gasteiger partial charge < -0.3 is 9.47 Å². The maximum absolute atomic E-state index is 12.2. The summed E-state index contributed by atoms with van der Waals surface area (Å²) in [6.07, 6.45) is 24.9. The molecular formula is C30H58O7S. The molecule has 0 amide bonds. The van der Waals surface area contributed by atoms with Gasteiger partial charge in [0, 0.05) is 0 Å². The zero-order valence-electron chi connectivity index (χ0n) is 24.6. The molecule has 0 rings (SSSR count). The average molecular weight is 563 g/mol. The molecule has 0 fully saturated rings. The van der Waals surface area contributed by atoms with Gasteiger partial charge >= 0.3 is 11.9 Å². The van der Waals surface area contributed by atoms with Crippen LogP contribution in [-0.2, 0) is 29.2 Å². The van der Waals surface area contributed by atoms with Crippen molar-refractivity contribution in [1.29, 1.82) is 0 Å². The smallest absolute Gasteiger partial charge is 0.327 e. The third-order valence-electron chi connectivity index (χ3n) is 6.98. The fraction of sp³-hybridized carbons (Fsp3) is 0.933. The summed E-state index contributed by atoms with van der Waals surface area (Å²) in [4.78, 5) is 24.3. The molecule has 0 saturated carbocycles. The lowest BCUT2D eigenvalue weighted by molar-refractivity contribution is -0.150. The lowest BCUT2D eigenvalue weighted by Crippen LogP contribution is -2.34. The van der Waals surface area contributed by atoms with Gasteiger partial charge in [-0.05, 0) is 12.8 Å². The number of unbranched alkanes of at least 4 members (excludes halogenated alkanes) is 20. The van der Waals surface area contributed by atoms with Crippen LogP contribution in [-0.4, -0.2) is 43.4 Å². The molecule has 0 aromatic carbocycles. The number of carbonyl (C=O) groups excluding carboxylic acids is 2. The van der Waals surface area contributed by atoms with Crippen molar-refractivity contribution >= 4 is 22.1 Å². The molecule has 1 N–H and O–H groups in total. The molecule has 226 valence electrons. The van der Waals surface area contributed by atoms with E-state index in [2.05, 4.69) is 13.8 Å². The van der Waals surface area contributed by atoms with Crippen LogP contribution in [0, 0.1) is 0 Å². The first-order valence-corrected chi connectivity index (χ1v) is 17.1. The van der Waals surface area contributed by atoms with Crippen LogP contribution in [0.15, 0.2) is 0 Å². The quantitative estimate of drug-likeness (QED) is 0.0580. The van der Waals surface area contributed by atoms with Crippen LogP contribution in [0.25, 0.3) is 0 Å². The molecule has 0 aliphatic carbocycles. The fourth-order valence-corrected chi connectivity index (χ4v) is 5.16. The Kier molecular flexibility index (Phi) is 25.3. The van der Waals surface area contributed by atoms with Gasteiger partial charge in [0.05, 0.1) is 19.6 Å². The second kappa shape index (κ2) is 26.1. The molecule has 1 atom stereocenters. The van der Waals surface area contributed by atoms with Crippen molar-refractivity contribution in [3.8, 4) is 0 Å². The fourth-order valence-electron chi connectivity index (χ4n) is 4.50. The van der Waals surface area contributed by atoms with Crippen LogP contribution in [0.3, 0.4) is 0 Å². The van der Waals surface area contributed by atoms with Crippen molar-refractivity contribution in [2.75, 3.05) is 13.2 Å². The van der Waals surface area contributed by atoms with Gasteiger partial charge in [0.1, 0.15) is 0 Å². The zero-order chi connectivity index (χ0) is 28.3. The van der Waals surface area contributed by atoms with Crippen molar-refractivity contribution in [2.24, 2.45) is 0 Å². The van der Waals surface area contributed by atoms with E-state index >= 15 is 0 Å². The molecule has 0 saturated heterocycles. The largest absolute Gasteiger partial charge is 0.466 e. The molecule has 38 heavy (non-hydrogen) atoms. The Morgan fingerprint density at radius 3 is 1.21 bits per heavy atom. The first-order valence-electron chi connectivity index (χ1n) is 15.6. The molecule has 8 heteroatoms. The predicted octanol–water partition coefficient (Wildman–Crippen LogP) is 8.34. The number of hydrogen-bond donors (Lipinski definition) is 1. The number of ether oxygens (including phenoxy) is 2. The van der Waals surface area contributed by atoms with E-state index in [0.717, 1.165) is 38.5 Å². The Labute approximate surface area is 234 Å². The minimum atomic E-state index is -4.76. The minimum Gasteiger partial charge on any atom is -0.466 e. The van der Waals surface area contributed by atoms with Gasteiger partial charge in [-0.3, -0.25) is 14.1 Å². The van der Waals surface area contributed by atoms with Gasteiger partial charge in [-0.25, -0.2) is 0 Å². The third-order valence-corrected chi connectivity index (χ3v) is 8.06. The van der Waals surface area contributed by atoms with E-state index in [1.807, 2.05) is 0 Å². The molecule has 0 heterocycles. The molecule has 0 aromatic rings. The first-order chi connectivity index (χ1) is 18.3. The van der Waals surface area contributed by atoms with Gasteiger partial charge in [0.25, 0.3) is 10.1 Å². The molecule has 0 aromatic heterocycles. The summed E-state index contributed by atoms with van der Waals surface area (Å²) in [5.41, 5.74) is 0. The van der Waals surface area contributed by atoms with E-state index in [-0.39, 0.29) is 13.2 Å². The SMILES string of the molecule is CCCCCCCCCCCCCCOC(=O)C(CC(=O)OCCCCCCCCCCCC)S(=O)(=O)O. The lowest BCUT2D eigenvalue weighted by atomic mass is 10.1. The topological polar surface area (TPSA) is 107 Å². The van der Waals surface area contributed by atoms with Crippen LogP contribution in [0.2, 0.25) is 0 Å². The maximum atomic E-state index is 12.2. The van der Waals surface area contributed by atoms with E-state index in [9.17, 15) is 22.6 Å². The summed E-state index contributed by atoms with van der Waals surface area (Å²) in [7, 11) is -4.76. The molecule has 0 spiro atoms. The molecular weight excluding hydrogens is 504 g/mol. The van der Waals surface area contributed by atoms with E-state index < -0.39 is 33.7 Å². The second-order valence-corrected chi connectivity index (χ2v) is 12.3. The molecule has 7 nitrogen and oxygen atoms in total. The van der Waals surface area contributed by atoms with Crippen molar-refractivity contribution < 1.29 is 32.0 Å². The number of carbonyl (C=O) groups is 2. The van der Waals surface area contributed by atoms with Gasteiger partial charge in [-0.2, -0.15) is 8.42 Å². The Morgan fingerprint density at radius 1 is 0.553 bits per heavy atom. The van der Waals surface area contributed by atoms with Crippen LogP contribution < -0.4 is 0 Å². The van der Waals surface area contributed by atoms with E-state index in [1.165, 1.54) is 89.9 Å². The highest BCUT2D eigenvalue weighted by molar-refractivity contribution is 7.87. The van der Waals surface area contributed by atoms with Crippen LogP contribution in [0.1, 0.15) is 162 Å². The minimum absolute atomic E-state index is 0.0793. The van der Waals surface area contributed by atoms with E-state index in [1.54, 1.807) is 0 Å². The molecule has 0 aliphatic rings. The second-order valence-electron chi connectivity index (χ2n) is 10.7. The Balaban J connectivity index is 3.88. The van der Waals surface area contributed by atoms with Crippen LogP contribution >= 0.6 is 0 Å². The van der Waals surface area contributed by atoms with E-state index in [4.69, 9.17) is 9.47 Å². The highest BCUT2D eigenvalue weighted by atomic mass is 32.2. The summed E-state index contributed by atoms with van der Waals surface area (Å²) in [6, 6.07) is 0. The molecule has 1 unspecified atom stereocenters. The molecule has 0 bridgehead atoms.